The van der Waals surface area contributed by atoms with Gasteiger partial charge in [0.25, 0.3) is 0 Å². The average Bonchev–Trinajstić information content (AvgIpc) is 2.71. The molecule has 0 saturated carbocycles. The molecule has 0 aliphatic carbocycles. The zero-order valence-corrected chi connectivity index (χ0v) is 11.2. The van der Waals surface area contributed by atoms with Crippen molar-refractivity contribution in [3.63, 3.8) is 0 Å². The highest BCUT2D eigenvalue weighted by Crippen LogP contribution is 2.47. The zero-order chi connectivity index (χ0) is 11.2. The molecule has 0 amide bonds. The second-order valence-electron chi connectivity index (χ2n) is 4.57. The van der Waals surface area contributed by atoms with E-state index in [4.69, 9.17) is 23.2 Å². The van der Waals surface area contributed by atoms with Gasteiger partial charge in [0.15, 0.2) is 0 Å². The maximum Gasteiger partial charge on any atom is 0.0603 e. The number of hydrogen-bond donors (Lipinski definition) is 1. The summed E-state index contributed by atoms with van der Waals surface area (Å²) < 4.78 is 0. The number of fused-ring (bicyclic) bond motifs is 2. The summed E-state index contributed by atoms with van der Waals surface area (Å²) in [7, 11) is 0. The standard InChI is InChI=1S/C12H13Cl2NS/c13-9-5-8-11(6-10(9)14)16-4-2-12(8)1-3-15-7-12/h5-6,15H,1-4,7H2. The van der Waals surface area contributed by atoms with Crippen molar-refractivity contribution in [1.82, 2.24) is 5.32 Å². The van der Waals surface area contributed by atoms with E-state index < -0.39 is 0 Å². The molecular weight excluding hydrogens is 261 g/mol. The van der Waals surface area contributed by atoms with Gasteiger partial charge in [-0.15, -0.1) is 11.8 Å². The van der Waals surface area contributed by atoms with Crippen LogP contribution in [0.2, 0.25) is 10.0 Å². The van der Waals surface area contributed by atoms with Gasteiger partial charge in [0.1, 0.15) is 0 Å². The van der Waals surface area contributed by atoms with Gasteiger partial charge in [0.2, 0.25) is 0 Å². The summed E-state index contributed by atoms with van der Waals surface area (Å²) in [5.41, 5.74) is 1.72. The van der Waals surface area contributed by atoms with Gasteiger partial charge in [0.05, 0.1) is 10.0 Å². The van der Waals surface area contributed by atoms with Crippen LogP contribution in [-0.4, -0.2) is 18.8 Å². The molecule has 0 aromatic heterocycles. The molecule has 0 radical (unpaired) electrons. The van der Waals surface area contributed by atoms with Crippen LogP contribution in [0, 0.1) is 0 Å². The van der Waals surface area contributed by atoms with Crippen LogP contribution in [0.15, 0.2) is 17.0 Å². The molecule has 2 heterocycles. The Morgan fingerprint density at radius 3 is 2.75 bits per heavy atom. The van der Waals surface area contributed by atoms with Crippen molar-refractivity contribution in [2.45, 2.75) is 23.2 Å². The lowest BCUT2D eigenvalue weighted by molar-refractivity contribution is 0.443. The van der Waals surface area contributed by atoms with E-state index in [1.165, 1.54) is 29.1 Å². The number of hydrogen-bond acceptors (Lipinski definition) is 2. The van der Waals surface area contributed by atoms with Gasteiger partial charge in [0, 0.05) is 16.9 Å². The van der Waals surface area contributed by atoms with E-state index in [0.29, 0.717) is 15.5 Å². The van der Waals surface area contributed by atoms with Crippen molar-refractivity contribution in [1.29, 1.82) is 0 Å². The normalized spacial score (nSPS) is 28.4. The molecule has 86 valence electrons. The third-order valence-corrected chi connectivity index (χ3v) is 5.45. The van der Waals surface area contributed by atoms with Crippen LogP contribution < -0.4 is 5.32 Å². The Kier molecular flexibility index (Phi) is 2.87. The Balaban J connectivity index is 2.14. The monoisotopic (exact) mass is 273 g/mol. The van der Waals surface area contributed by atoms with Crippen LogP contribution in [-0.2, 0) is 5.41 Å². The fraction of sp³-hybridized carbons (Fsp3) is 0.500. The summed E-state index contributed by atoms with van der Waals surface area (Å²) in [4.78, 5) is 1.32. The number of benzene rings is 1. The molecule has 1 N–H and O–H groups in total. The Hall–Kier alpha value is 0.110. The first-order chi connectivity index (χ1) is 7.71. The Bertz CT molecular complexity index is 427. The lowest BCUT2D eigenvalue weighted by Crippen LogP contribution is -2.32. The van der Waals surface area contributed by atoms with E-state index in [2.05, 4.69) is 11.4 Å². The Morgan fingerprint density at radius 2 is 2.00 bits per heavy atom. The van der Waals surface area contributed by atoms with Crippen LogP contribution in [0.4, 0.5) is 0 Å². The molecule has 1 unspecified atom stereocenters. The van der Waals surface area contributed by atoms with Crippen molar-refractivity contribution in [3.8, 4) is 0 Å². The van der Waals surface area contributed by atoms with Crippen LogP contribution >= 0.6 is 35.0 Å². The summed E-state index contributed by atoms with van der Waals surface area (Å²) in [6.45, 7) is 2.20. The molecule has 3 rings (SSSR count). The predicted molar refractivity (Wildman–Crippen MR) is 71.0 cm³/mol. The van der Waals surface area contributed by atoms with E-state index in [1.54, 1.807) is 0 Å². The molecule has 1 nitrogen and oxygen atoms in total. The molecule has 4 heteroatoms. The first-order valence-electron chi connectivity index (χ1n) is 5.54. The van der Waals surface area contributed by atoms with Gasteiger partial charge >= 0.3 is 0 Å². The first-order valence-corrected chi connectivity index (χ1v) is 7.28. The molecule has 2 aliphatic rings. The third-order valence-electron chi connectivity index (χ3n) is 3.68. The molecule has 1 saturated heterocycles. The Labute approximate surface area is 110 Å². The number of nitrogens with one attached hydrogen (secondary N) is 1. The molecule has 16 heavy (non-hydrogen) atoms. The van der Waals surface area contributed by atoms with Gasteiger partial charge in [-0.25, -0.2) is 0 Å². The molecule has 2 aliphatic heterocycles. The maximum atomic E-state index is 6.15. The largest absolute Gasteiger partial charge is 0.316 e. The lowest BCUT2D eigenvalue weighted by Gasteiger charge is -2.35. The van der Waals surface area contributed by atoms with E-state index in [-0.39, 0.29) is 0 Å². The number of halogens is 2. The van der Waals surface area contributed by atoms with Gasteiger partial charge in [-0.1, -0.05) is 23.2 Å². The summed E-state index contributed by atoms with van der Waals surface area (Å²) in [6.07, 6.45) is 2.47. The van der Waals surface area contributed by atoms with Gasteiger partial charge in [-0.2, -0.15) is 0 Å². The minimum Gasteiger partial charge on any atom is -0.316 e. The molecule has 1 aromatic rings. The highest BCUT2D eigenvalue weighted by molar-refractivity contribution is 7.99. The molecular formula is C12H13Cl2NS. The predicted octanol–water partition coefficient (Wildman–Crippen LogP) is 3.72. The van der Waals surface area contributed by atoms with Gasteiger partial charge < -0.3 is 5.32 Å². The highest BCUT2D eigenvalue weighted by Gasteiger charge is 2.39. The molecule has 1 fully saturated rings. The maximum absolute atomic E-state index is 6.15. The first kappa shape index (κ1) is 11.2. The lowest BCUT2D eigenvalue weighted by atomic mass is 9.77. The smallest absolute Gasteiger partial charge is 0.0603 e. The average molecular weight is 274 g/mol. The zero-order valence-electron chi connectivity index (χ0n) is 8.85. The van der Waals surface area contributed by atoms with Crippen molar-refractivity contribution in [2.24, 2.45) is 0 Å². The van der Waals surface area contributed by atoms with Gasteiger partial charge in [-0.3, -0.25) is 0 Å². The Morgan fingerprint density at radius 1 is 1.19 bits per heavy atom. The summed E-state index contributed by atoms with van der Waals surface area (Å²) >= 11 is 14.1. The van der Waals surface area contributed by atoms with Gasteiger partial charge in [-0.05, 0) is 42.8 Å². The molecule has 1 aromatic carbocycles. The quantitative estimate of drug-likeness (QED) is 0.773. The van der Waals surface area contributed by atoms with E-state index in [0.717, 1.165) is 13.1 Å². The summed E-state index contributed by atoms with van der Waals surface area (Å²) in [6, 6.07) is 4.11. The second-order valence-corrected chi connectivity index (χ2v) is 6.52. The van der Waals surface area contributed by atoms with E-state index in [1.807, 2.05) is 17.8 Å². The van der Waals surface area contributed by atoms with Crippen molar-refractivity contribution in [3.05, 3.63) is 27.7 Å². The summed E-state index contributed by atoms with van der Waals surface area (Å²) in [5, 5.41) is 4.84. The fourth-order valence-corrected chi connectivity index (χ4v) is 4.48. The molecule has 1 spiro atoms. The molecule has 0 bridgehead atoms. The van der Waals surface area contributed by atoms with Crippen molar-refractivity contribution >= 4 is 35.0 Å². The fourth-order valence-electron chi connectivity index (χ4n) is 2.74. The molecule has 1 atom stereocenters. The number of rotatable bonds is 0. The van der Waals surface area contributed by atoms with Crippen LogP contribution in [0.1, 0.15) is 18.4 Å². The SMILES string of the molecule is Clc1cc2c(cc1Cl)C1(CCNC1)CCS2. The van der Waals surface area contributed by atoms with Crippen molar-refractivity contribution < 1.29 is 0 Å². The minimum atomic E-state index is 0.314. The highest BCUT2D eigenvalue weighted by atomic mass is 35.5. The van der Waals surface area contributed by atoms with Crippen molar-refractivity contribution in [2.75, 3.05) is 18.8 Å². The van der Waals surface area contributed by atoms with E-state index >= 15 is 0 Å². The van der Waals surface area contributed by atoms with E-state index in [9.17, 15) is 0 Å². The summed E-state index contributed by atoms with van der Waals surface area (Å²) in [5.74, 6) is 1.19. The second kappa shape index (κ2) is 4.09. The van der Waals surface area contributed by atoms with Crippen LogP contribution in [0.3, 0.4) is 0 Å². The van der Waals surface area contributed by atoms with Crippen LogP contribution in [0.5, 0.6) is 0 Å². The minimum absolute atomic E-state index is 0.314. The van der Waals surface area contributed by atoms with Crippen LogP contribution in [0.25, 0.3) is 0 Å². The topological polar surface area (TPSA) is 12.0 Å². The third kappa shape index (κ3) is 1.67. The number of thioether (sulfide) groups is 1.